The topological polar surface area (TPSA) is 0 Å². The molecule has 0 radical (unpaired) electrons. The van der Waals surface area contributed by atoms with Gasteiger partial charge in [-0.3, -0.25) is 0 Å². The largest absolute Gasteiger partial charge is 0.0996 e. The number of allylic oxidation sites excluding steroid dienone is 1. The van der Waals surface area contributed by atoms with E-state index in [1.54, 1.807) is 0 Å². The average molecular weight is 196 g/mol. The normalized spacial score (nSPS) is 13.2. The number of hydrogen-bond donors (Lipinski definition) is 0. The van der Waals surface area contributed by atoms with E-state index in [4.69, 9.17) is 0 Å². The van der Waals surface area contributed by atoms with Crippen molar-refractivity contribution in [2.75, 3.05) is 0 Å². The van der Waals surface area contributed by atoms with E-state index in [0.717, 1.165) is 11.8 Å². The van der Waals surface area contributed by atoms with Crippen LogP contribution >= 0.6 is 0 Å². The smallest absolute Gasteiger partial charge is 0.0209 e. The van der Waals surface area contributed by atoms with Crippen molar-refractivity contribution in [2.45, 2.75) is 66.2 Å². The molecule has 0 fully saturated rings. The Morgan fingerprint density at radius 3 is 2.21 bits per heavy atom. The van der Waals surface area contributed by atoms with Crippen LogP contribution in [0.5, 0.6) is 0 Å². The van der Waals surface area contributed by atoms with Gasteiger partial charge in [-0.05, 0) is 37.5 Å². The van der Waals surface area contributed by atoms with Gasteiger partial charge in [-0.15, -0.1) is 0 Å². The second-order valence-corrected chi connectivity index (χ2v) is 4.84. The highest BCUT2D eigenvalue weighted by Gasteiger charge is 2.09. The molecule has 0 saturated carbocycles. The van der Waals surface area contributed by atoms with Crippen LogP contribution in [0.3, 0.4) is 0 Å². The fraction of sp³-hybridized carbons (Fsp3) is 0.857. The molecule has 0 nitrogen and oxygen atoms in total. The lowest BCUT2D eigenvalue weighted by molar-refractivity contribution is 0.479. The molecule has 1 atom stereocenters. The highest BCUT2D eigenvalue weighted by atomic mass is 14.2. The standard InChI is InChI=1S/C14H28/c1-6-8-9-14(7-2)13(5)11-10-12(3)4/h12,14H,5-11H2,1-4H3. The molecule has 0 heteroatoms. The van der Waals surface area contributed by atoms with Gasteiger partial charge in [0.1, 0.15) is 0 Å². The van der Waals surface area contributed by atoms with Gasteiger partial charge in [0.15, 0.2) is 0 Å². The zero-order valence-corrected chi connectivity index (χ0v) is 10.6. The molecule has 84 valence electrons. The minimum absolute atomic E-state index is 0.786. The molecule has 0 aromatic rings. The van der Waals surface area contributed by atoms with E-state index in [9.17, 15) is 0 Å². The molecule has 0 aromatic carbocycles. The molecule has 0 aromatic heterocycles. The van der Waals surface area contributed by atoms with E-state index in [2.05, 4.69) is 34.3 Å². The molecule has 0 N–H and O–H groups in total. The molecule has 0 amide bonds. The summed E-state index contributed by atoms with van der Waals surface area (Å²) in [5, 5.41) is 0. The molecule has 0 bridgehead atoms. The molecule has 0 saturated heterocycles. The number of rotatable bonds is 8. The zero-order valence-electron chi connectivity index (χ0n) is 10.6. The average Bonchev–Trinajstić information content (AvgIpc) is 2.16. The van der Waals surface area contributed by atoms with Crippen molar-refractivity contribution in [1.29, 1.82) is 0 Å². The van der Waals surface area contributed by atoms with Crippen molar-refractivity contribution < 1.29 is 0 Å². The first-order valence-corrected chi connectivity index (χ1v) is 6.29. The first-order valence-electron chi connectivity index (χ1n) is 6.29. The highest BCUT2D eigenvalue weighted by Crippen LogP contribution is 2.25. The predicted molar refractivity (Wildman–Crippen MR) is 66.5 cm³/mol. The minimum atomic E-state index is 0.786. The van der Waals surface area contributed by atoms with E-state index < -0.39 is 0 Å². The van der Waals surface area contributed by atoms with Crippen molar-refractivity contribution in [3.05, 3.63) is 12.2 Å². The van der Waals surface area contributed by atoms with Crippen LogP contribution in [0.1, 0.15) is 66.2 Å². The second-order valence-electron chi connectivity index (χ2n) is 4.84. The third-order valence-corrected chi connectivity index (χ3v) is 3.02. The van der Waals surface area contributed by atoms with Gasteiger partial charge in [-0.1, -0.05) is 52.7 Å². The first-order chi connectivity index (χ1) is 6.61. The van der Waals surface area contributed by atoms with E-state index in [1.807, 2.05) is 0 Å². The SMILES string of the molecule is C=C(CCC(C)C)C(CC)CCCC. The fourth-order valence-corrected chi connectivity index (χ4v) is 1.83. The summed E-state index contributed by atoms with van der Waals surface area (Å²) in [5.41, 5.74) is 1.50. The summed E-state index contributed by atoms with van der Waals surface area (Å²) >= 11 is 0. The van der Waals surface area contributed by atoms with Gasteiger partial charge in [0.05, 0.1) is 0 Å². The maximum atomic E-state index is 4.25. The van der Waals surface area contributed by atoms with Crippen LogP contribution in [0.2, 0.25) is 0 Å². The molecular weight excluding hydrogens is 168 g/mol. The lowest BCUT2D eigenvalue weighted by Crippen LogP contribution is -2.03. The Kier molecular flexibility index (Phi) is 7.93. The molecule has 0 aliphatic heterocycles. The van der Waals surface area contributed by atoms with E-state index >= 15 is 0 Å². The Hall–Kier alpha value is -0.260. The molecule has 14 heavy (non-hydrogen) atoms. The molecule has 0 heterocycles. The Labute approximate surface area is 90.8 Å². The van der Waals surface area contributed by atoms with Crippen LogP contribution in [-0.2, 0) is 0 Å². The molecule has 1 unspecified atom stereocenters. The molecule has 0 spiro atoms. The van der Waals surface area contributed by atoms with Crippen LogP contribution in [0.4, 0.5) is 0 Å². The Morgan fingerprint density at radius 2 is 1.79 bits per heavy atom. The highest BCUT2D eigenvalue weighted by molar-refractivity contribution is 5.00. The molecule has 0 rings (SSSR count). The number of unbranched alkanes of at least 4 members (excludes halogenated alkanes) is 1. The van der Waals surface area contributed by atoms with Gasteiger partial charge < -0.3 is 0 Å². The third kappa shape index (κ3) is 6.23. The van der Waals surface area contributed by atoms with Gasteiger partial charge in [-0.2, -0.15) is 0 Å². The van der Waals surface area contributed by atoms with Crippen molar-refractivity contribution in [3.8, 4) is 0 Å². The maximum Gasteiger partial charge on any atom is -0.0209 e. The van der Waals surface area contributed by atoms with E-state index in [0.29, 0.717) is 0 Å². The summed E-state index contributed by atoms with van der Waals surface area (Å²) in [6.07, 6.45) is 7.84. The first kappa shape index (κ1) is 13.7. The molecule has 0 aliphatic rings. The quantitative estimate of drug-likeness (QED) is 0.468. The lowest BCUT2D eigenvalue weighted by atomic mass is 9.88. The van der Waals surface area contributed by atoms with Crippen molar-refractivity contribution >= 4 is 0 Å². The number of hydrogen-bond acceptors (Lipinski definition) is 0. The van der Waals surface area contributed by atoms with Crippen LogP contribution in [0.15, 0.2) is 12.2 Å². The molecular formula is C14H28. The molecule has 0 aliphatic carbocycles. The van der Waals surface area contributed by atoms with Gasteiger partial charge in [0.25, 0.3) is 0 Å². The Balaban J connectivity index is 3.79. The fourth-order valence-electron chi connectivity index (χ4n) is 1.83. The Bertz CT molecular complexity index is 144. The second kappa shape index (κ2) is 8.08. The van der Waals surface area contributed by atoms with Crippen LogP contribution in [-0.4, -0.2) is 0 Å². The monoisotopic (exact) mass is 196 g/mol. The van der Waals surface area contributed by atoms with E-state index in [1.165, 1.54) is 44.1 Å². The summed E-state index contributed by atoms with van der Waals surface area (Å²) in [7, 11) is 0. The van der Waals surface area contributed by atoms with Gasteiger partial charge >= 0.3 is 0 Å². The minimum Gasteiger partial charge on any atom is -0.0996 e. The van der Waals surface area contributed by atoms with E-state index in [-0.39, 0.29) is 0 Å². The lowest BCUT2D eigenvalue weighted by Gasteiger charge is -2.18. The van der Waals surface area contributed by atoms with Crippen LogP contribution < -0.4 is 0 Å². The zero-order chi connectivity index (χ0) is 11.0. The van der Waals surface area contributed by atoms with Gasteiger partial charge in [0, 0.05) is 0 Å². The van der Waals surface area contributed by atoms with Gasteiger partial charge in [-0.25, -0.2) is 0 Å². The summed E-state index contributed by atoms with van der Waals surface area (Å²) in [5.74, 6) is 1.60. The van der Waals surface area contributed by atoms with Gasteiger partial charge in [0.2, 0.25) is 0 Å². The van der Waals surface area contributed by atoms with Crippen LogP contribution in [0.25, 0.3) is 0 Å². The Morgan fingerprint density at radius 1 is 1.14 bits per heavy atom. The third-order valence-electron chi connectivity index (χ3n) is 3.02. The van der Waals surface area contributed by atoms with Crippen molar-refractivity contribution in [3.63, 3.8) is 0 Å². The van der Waals surface area contributed by atoms with Crippen molar-refractivity contribution in [2.24, 2.45) is 11.8 Å². The predicted octanol–water partition coefficient (Wildman–Crippen LogP) is 5.20. The summed E-state index contributed by atoms with van der Waals surface area (Å²) < 4.78 is 0. The van der Waals surface area contributed by atoms with Crippen molar-refractivity contribution in [1.82, 2.24) is 0 Å². The summed E-state index contributed by atoms with van der Waals surface area (Å²) in [6, 6.07) is 0. The maximum absolute atomic E-state index is 4.25. The summed E-state index contributed by atoms with van der Waals surface area (Å²) in [4.78, 5) is 0. The van der Waals surface area contributed by atoms with Crippen LogP contribution in [0, 0.1) is 11.8 Å². The summed E-state index contributed by atoms with van der Waals surface area (Å²) in [6.45, 7) is 13.4.